The number of nitrogens with one attached hydrogen (secondary N) is 1. The lowest BCUT2D eigenvalue weighted by atomic mass is 10.2. The summed E-state index contributed by atoms with van der Waals surface area (Å²) in [6, 6.07) is 11.8. The average Bonchev–Trinajstić information content (AvgIpc) is 2.84. The Morgan fingerprint density at radius 1 is 1.16 bits per heavy atom. The molecule has 1 N–H and O–H groups in total. The maximum absolute atomic E-state index is 12.4. The lowest BCUT2D eigenvalue weighted by Gasteiger charge is -2.36. The Balaban J connectivity index is 1.15. The summed E-state index contributed by atoms with van der Waals surface area (Å²) in [5.41, 5.74) is 1.94. The summed E-state index contributed by atoms with van der Waals surface area (Å²) in [5, 5.41) is 3.76. The Hall–Kier alpha value is -2.78. The predicted molar refractivity (Wildman–Crippen MR) is 127 cm³/mol. The molecule has 0 radical (unpaired) electrons. The number of hydrogen-bond donors (Lipinski definition) is 1. The van der Waals surface area contributed by atoms with Gasteiger partial charge in [0, 0.05) is 44.6 Å². The van der Waals surface area contributed by atoms with Gasteiger partial charge in [-0.1, -0.05) is 11.8 Å². The fourth-order valence-corrected chi connectivity index (χ4v) is 4.84. The van der Waals surface area contributed by atoms with Crippen LogP contribution >= 0.6 is 11.8 Å². The number of ether oxygens (including phenoxy) is 1. The number of piperazine rings is 1. The number of rotatable bonds is 8. The minimum atomic E-state index is -0.135. The van der Waals surface area contributed by atoms with Crippen molar-refractivity contribution >= 4 is 35.0 Å². The number of hydrogen-bond acceptors (Lipinski definition) is 7. The number of carbonyl (C=O) groups is 2. The molecule has 2 amide bonds. The van der Waals surface area contributed by atoms with Gasteiger partial charge in [0.15, 0.2) is 0 Å². The maximum Gasteiger partial charge on any atom is 0.240 e. The van der Waals surface area contributed by atoms with E-state index in [4.69, 9.17) is 4.74 Å². The summed E-state index contributed by atoms with van der Waals surface area (Å²) < 4.78 is 5.23. The van der Waals surface area contributed by atoms with Crippen molar-refractivity contribution in [3.05, 3.63) is 42.6 Å². The zero-order valence-electron chi connectivity index (χ0n) is 18.3. The number of anilines is 2. The van der Waals surface area contributed by atoms with E-state index in [1.165, 1.54) is 22.3 Å². The van der Waals surface area contributed by atoms with E-state index in [0.717, 1.165) is 55.6 Å². The first kappa shape index (κ1) is 22.4. The number of pyridine rings is 1. The second kappa shape index (κ2) is 10.7. The minimum absolute atomic E-state index is 0.0403. The van der Waals surface area contributed by atoms with Gasteiger partial charge in [0.1, 0.15) is 17.3 Å². The van der Waals surface area contributed by atoms with Gasteiger partial charge in [-0.3, -0.25) is 19.4 Å². The number of thioether (sulfide) groups is 1. The van der Waals surface area contributed by atoms with Crippen LogP contribution in [0.25, 0.3) is 0 Å². The van der Waals surface area contributed by atoms with Crippen LogP contribution in [-0.4, -0.2) is 80.4 Å². The van der Waals surface area contributed by atoms with Crippen molar-refractivity contribution in [2.45, 2.75) is 11.4 Å². The molecule has 2 aromatic rings. The van der Waals surface area contributed by atoms with Gasteiger partial charge in [-0.2, -0.15) is 0 Å². The van der Waals surface area contributed by atoms with Crippen LogP contribution in [0.15, 0.2) is 47.6 Å². The molecule has 1 fully saturated rings. The van der Waals surface area contributed by atoms with Crippen molar-refractivity contribution in [3.8, 4) is 5.75 Å². The van der Waals surface area contributed by atoms with Gasteiger partial charge in [0.2, 0.25) is 11.8 Å². The summed E-state index contributed by atoms with van der Waals surface area (Å²) in [5.74, 6) is 1.00. The Bertz CT molecular complexity index is 931. The summed E-state index contributed by atoms with van der Waals surface area (Å²) in [6.07, 6.45) is 2.59. The quantitative estimate of drug-likeness (QED) is 0.609. The van der Waals surface area contributed by atoms with E-state index in [-0.39, 0.29) is 18.4 Å². The minimum Gasteiger partial charge on any atom is -0.497 e. The van der Waals surface area contributed by atoms with Gasteiger partial charge in [0.05, 0.1) is 18.6 Å². The van der Waals surface area contributed by atoms with Crippen LogP contribution in [0, 0.1) is 0 Å². The van der Waals surface area contributed by atoms with Gasteiger partial charge in [0.25, 0.3) is 0 Å². The van der Waals surface area contributed by atoms with Crippen LogP contribution in [0.3, 0.4) is 0 Å². The highest BCUT2D eigenvalue weighted by Crippen LogP contribution is 2.32. The van der Waals surface area contributed by atoms with Crippen LogP contribution in [0.4, 0.5) is 11.4 Å². The molecule has 1 saturated heterocycles. The third-order valence-corrected chi connectivity index (χ3v) is 6.74. The zero-order chi connectivity index (χ0) is 22.3. The Morgan fingerprint density at radius 3 is 2.69 bits per heavy atom. The molecular weight excluding hydrogens is 426 g/mol. The van der Waals surface area contributed by atoms with Gasteiger partial charge in [-0.05, 0) is 49.4 Å². The van der Waals surface area contributed by atoms with Crippen molar-refractivity contribution in [3.63, 3.8) is 0 Å². The average molecular weight is 456 g/mol. The van der Waals surface area contributed by atoms with E-state index < -0.39 is 0 Å². The lowest BCUT2D eigenvalue weighted by Crippen LogP contribution is -2.47. The number of aromatic nitrogens is 1. The molecule has 9 heteroatoms. The number of benzene rings is 1. The van der Waals surface area contributed by atoms with Crippen molar-refractivity contribution in [2.75, 3.05) is 68.5 Å². The van der Waals surface area contributed by atoms with Gasteiger partial charge < -0.3 is 15.0 Å². The first-order valence-corrected chi connectivity index (χ1v) is 11.9. The molecule has 2 aliphatic rings. The summed E-state index contributed by atoms with van der Waals surface area (Å²) in [6.45, 7) is 5.57. The molecule has 0 atom stereocenters. The topological polar surface area (TPSA) is 78.0 Å². The molecule has 0 aliphatic carbocycles. The molecule has 0 unspecified atom stereocenters. The monoisotopic (exact) mass is 455 g/mol. The second-order valence-electron chi connectivity index (χ2n) is 7.83. The Kier molecular flexibility index (Phi) is 7.49. The lowest BCUT2D eigenvalue weighted by molar-refractivity contribution is -0.123. The fourth-order valence-electron chi connectivity index (χ4n) is 3.97. The van der Waals surface area contributed by atoms with Crippen molar-refractivity contribution in [1.82, 2.24) is 15.2 Å². The second-order valence-corrected chi connectivity index (χ2v) is 8.79. The van der Waals surface area contributed by atoms with E-state index in [0.29, 0.717) is 12.3 Å². The molecule has 8 nitrogen and oxygen atoms in total. The third-order valence-electron chi connectivity index (χ3n) is 5.76. The smallest absolute Gasteiger partial charge is 0.240 e. The number of methoxy groups -OCH3 is 1. The fraction of sp³-hybridized carbons (Fsp3) is 0.435. The molecule has 3 heterocycles. The molecule has 170 valence electrons. The molecule has 0 saturated carbocycles. The van der Waals surface area contributed by atoms with Crippen molar-refractivity contribution < 1.29 is 14.3 Å². The Morgan fingerprint density at radius 2 is 1.94 bits per heavy atom. The van der Waals surface area contributed by atoms with Gasteiger partial charge in [-0.25, -0.2) is 4.98 Å². The van der Waals surface area contributed by atoms with Crippen molar-refractivity contribution in [1.29, 1.82) is 0 Å². The molecule has 1 aromatic heterocycles. The predicted octanol–water partition coefficient (Wildman–Crippen LogP) is 1.86. The normalized spacial score (nSPS) is 16.6. The van der Waals surface area contributed by atoms with Crippen LogP contribution in [0.1, 0.15) is 6.42 Å². The standard InChI is InChI=1S/C23H29N5O3S/c1-31-19-7-5-18(6-8-19)27-14-12-26(13-15-27)11-3-10-24-21(29)16-28-20-4-2-9-25-23(20)32-17-22(28)30/h2,4-9H,3,10-17H2,1H3,(H,24,29). The molecule has 1 aromatic carbocycles. The van der Waals surface area contributed by atoms with Gasteiger partial charge in [-0.15, -0.1) is 0 Å². The first-order chi connectivity index (χ1) is 15.6. The number of fused-ring (bicyclic) bond motifs is 1. The van der Waals surface area contributed by atoms with Crippen LogP contribution < -0.4 is 19.9 Å². The summed E-state index contributed by atoms with van der Waals surface area (Å²) in [7, 11) is 1.68. The summed E-state index contributed by atoms with van der Waals surface area (Å²) >= 11 is 1.42. The van der Waals surface area contributed by atoms with Crippen LogP contribution in [0.2, 0.25) is 0 Å². The molecule has 0 spiro atoms. The highest BCUT2D eigenvalue weighted by atomic mass is 32.2. The number of carbonyl (C=O) groups excluding carboxylic acids is 2. The largest absolute Gasteiger partial charge is 0.497 e. The summed E-state index contributed by atoms with van der Waals surface area (Å²) in [4.78, 5) is 35.3. The van der Waals surface area contributed by atoms with E-state index >= 15 is 0 Å². The Labute approximate surface area is 192 Å². The van der Waals surface area contributed by atoms with Crippen LogP contribution in [0.5, 0.6) is 5.75 Å². The highest BCUT2D eigenvalue weighted by Gasteiger charge is 2.27. The zero-order valence-corrected chi connectivity index (χ0v) is 19.1. The molecule has 32 heavy (non-hydrogen) atoms. The van der Waals surface area contributed by atoms with E-state index in [1.807, 2.05) is 18.2 Å². The molecular formula is C23H29N5O3S. The van der Waals surface area contributed by atoms with E-state index in [9.17, 15) is 9.59 Å². The van der Waals surface area contributed by atoms with E-state index in [2.05, 4.69) is 32.2 Å². The van der Waals surface area contributed by atoms with Crippen LogP contribution in [-0.2, 0) is 9.59 Å². The van der Waals surface area contributed by atoms with E-state index in [1.54, 1.807) is 19.4 Å². The number of amides is 2. The molecule has 0 bridgehead atoms. The molecule has 4 rings (SSSR count). The maximum atomic E-state index is 12.4. The number of nitrogens with zero attached hydrogens (tertiary/aromatic N) is 4. The SMILES string of the molecule is COc1ccc(N2CCN(CCCNC(=O)CN3C(=O)CSc4ncccc43)CC2)cc1. The first-order valence-electron chi connectivity index (χ1n) is 10.9. The van der Waals surface area contributed by atoms with Crippen molar-refractivity contribution in [2.24, 2.45) is 0 Å². The third kappa shape index (κ3) is 5.52. The highest BCUT2D eigenvalue weighted by molar-refractivity contribution is 8.00. The molecule has 2 aliphatic heterocycles. The van der Waals surface area contributed by atoms with Gasteiger partial charge >= 0.3 is 0 Å².